The maximum atomic E-state index is 12.2. The Hall–Kier alpha value is -2.81. The van der Waals surface area contributed by atoms with Crippen molar-refractivity contribution in [3.05, 3.63) is 83.9 Å². The van der Waals surface area contributed by atoms with Gasteiger partial charge in [-0.15, -0.1) is 0 Å². The summed E-state index contributed by atoms with van der Waals surface area (Å²) >= 11 is 0. The summed E-state index contributed by atoms with van der Waals surface area (Å²) in [5.41, 5.74) is 9.37. The normalized spacial score (nSPS) is 16.9. The number of rotatable bonds is 9. The zero-order chi connectivity index (χ0) is 22.6. The first-order chi connectivity index (χ1) is 15.4. The van der Waals surface area contributed by atoms with Crippen LogP contribution in [0, 0.1) is 0 Å². The van der Waals surface area contributed by atoms with E-state index in [1.807, 2.05) is 30.5 Å². The Bertz CT molecular complexity index is 1160. The molecule has 7 nitrogen and oxygen atoms in total. The molecule has 1 atom stereocenters. The molecule has 3 aromatic rings. The molecule has 4 rings (SSSR count). The van der Waals surface area contributed by atoms with Crippen LogP contribution in [0.25, 0.3) is 0 Å². The van der Waals surface area contributed by atoms with E-state index in [1.54, 1.807) is 37.8 Å². The highest BCUT2D eigenvalue weighted by Crippen LogP contribution is 2.32. The van der Waals surface area contributed by atoms with Crippen molar-refractivity contribution in [2.75, 3.05) is 13.7 Å². The molecule has 3 heterocycles. The predicted molar refractivity (Wildman–Crippen MR) is 122 cm³/mol. The molecule has 0 aliphatic carbocycles. The lowest BCUT2D eigenvalue weighted by molar-refractivity contribution is 0.272. The molecule has 2 N–H and O–H groups in total. The third kappa shape index (κ3) is 4.82. The quantitative estimate of drug-likeness (QED) is 0.501. The van der Waals surface area contributed by atoms with Gasteiger partial charge in [0.05, 0.1) is 11.5 Å². The van der Waals surface area contributed by atoms with Gasteiger partial charge in [-0.2, -0.15) is 4.31 Å². The minimum Gasteiger partial charge on any atom is -0.494 e. The van der Waals surface area contributed by atoms with Gasteiger partial charge >= 0.3 is 0 Å². The lowest BCUT2D eigenvalue weighted by Crippen LogP contribution is -2.37. The monoisotopic (exact) mass is 452 g/mol. The second-order valence-electron chi connectivity index (χ2n) is 8.24. The third-order valence-corrected chi connectivity index (χ3v) is 7.89. The third-order valence-electron chi connectivity index (χ3n) is 5.99. The summed E-state index contributed by atoms with van der Waals surface area (Å²) in [5, 5.41) is 0. The van der Waals surface area contributed by atoms with Crippen LogP contribution in [-0.4, -0.2) is 36.3 Å². The maximum absolute atomic E-state index is 12.2. The minimum absolute atomic E-state index is 0.362. The molecule has 1 aromatic carbocycles. The van der Waals surface area contributed by atoms with Gasteiger partial charge in [-0.05, 0) is 78.8 Å². The molecular formula is C24H28N4O3S. The molecule has 0 radical (unpaired) electrons. The number of aromatic nitrogens is 2. The van der Waals surface area contributed by atoms with Crippen molar-refractivity contribution in [2.24, 2.45) is 5.73 Å². The van der Waals surface area contributed by atoms with Crippen LogP contribution in [-0.2, 0) is 28.5 Å². The van der Waals surface area contributed by atoms with Crippen molar-refractivity contribution < 1.29 is 13.2 Å². The van der Waals surface area contributed by atoms with Crippen molar-refractivity contribution in [3.63, 3.8) is 0 Å². The Kier molecular flexibility index (Phi) is 6.55. The number of hydrogen-bond donors (Lipinski definition) is 1. The Labute approximate surface area is 189 Å². The number of benzene rings is 1. The number of fused-ring (bicyclic) bond motifs is 1. The summed E-state index contributed by atoms with van der Waals surface area (Å²) in [7, 11) is -1.77. The molecule has 0 bridgehead atoms. The van der Waals surface area contributed by atoms with Gasteiger partial charge in [0.1, 0.15) is 5.75 Å². The highest BCUT2D eigenvalue weighted by molar-refractivity contribution is 7.89. The fourth-order valence-corrected chi connectivity index (χ4v) is 5.44. The molecule has 0 fully saturated rings. The van der Waals surface area contributed by atoms with Gasteiger partial charge in [0.2, 0.25) is 10.0 Å². The smallest absolute Gasteiger partial charge is 0.243 e. The van der Waals surface area contributed by atoms with Crippen molar-refractivity contribution in [3.8, 4) is 5.75 Å². The first-order valence-electron chi connectivity index (χ1n) is 10.7. The standard InChI is InChI=1S/C24H28N4O3S/c1-28-18-20-16-22(5-6-23(20)32(28,29)30)31-15-3-10-24(25,21-8-13-26-14-9-21)11-7-19-4-2-12-27-17-19/h2,4-6,8-9,12-14,16-17H,3,7,10-11,15,18,25H2,1H3. The van der Waals surface area contributed by atoms with E-state index in [0.29, 0.717) is 23.8 Å². The number of pyridine rings is 2. The first-order valence-corrected chi connectivity index (χ1v) is 12.1. The minimum atomic E-state index is -3.35. The molecule has 1 aliphatic heterocycles. The van der Waals surface area contributed by atoms with Crippen LogP contribution in [0.4, 0.5) is 0 Å². The molecular weight excluding hydrogens is 424 g/mol. The fourth-order valence-electron chi connectivity index (χ4n) is 4.10. The SMILES string of the molecule is CN1Cc2cc(OCCCC(N)(CCc3cccnc3)c3ccncc3)ccc2S1(=O)=O. The summed E-state index contributed by atoms with van der Waals surface area (Å²) in [6, 6.07) is 13.1. The average molecular weight is 453 g/mol. The molecule has 32 heavy (non-hydrogen) atoms. The molecule has 8 heteroatoms. The van der Waals surface area contributed by atoms with Gasteiger partial charge < -0.3 is 10.5 Å². The van der Waals surface area contributed by atoms with E-state index in [2.05, 4.69) is 16.0 Å². The number of hydrogen-bond acceptors (Lipinski definition) is 6. The van der Waals surface area contributed by atoms with E-state index < -0.39 is 15.6 Å². The lowest BCUT2D eigenvalue weighted by Gasteiger charge is -2.30. The zero-order valence-electron chi connectivity index (χ0n) is 18.1. The number of nitrogens with zero attached hydrogens (tertiary/aromatic N) is 3. The number of nitrogens with two attached hydrogens (primary N) is 1. The summed E-state index contributed by atoms with van der Waals surface area (Å²) in [6.07, 6.45) is 10.3. The Balaban J connectivity index is 1.38. The van der Waals surface area contributed by atoms with Crippen LogP contribution in [0.15, 0.2) is 72.1 Å². The number of ether oxygens (including phenoxy) is 1. The molecule has 2 aromatic heterocycles. The topological polar surface area (TPSA) is 98.4 Å². The Morgan fingerprint density at radius 2 is 1.91 bits per heavy atom. The van der Waals surface area contributed by atoms with E-state index in [4.69, 9.17) is 10.5 Å². The van der Waals surface area contributed by atoms with E-state index in [0.717, 1.165) is 42.4 Å². The van der Waals surface area contributed by atoms with Crippen LogP contribution in [0.3, 0.4) is 0 Å². The van der Waals surface area contributed by atoms with E-state index in [1.165, 1.54) is 4.31 Å². The van der Waals surface area contributed by atoms with Crippen molar-refractivity contribution in [1.82, 2.24) is 14.3 Å². The highest BCUT2D eigenvalue weighted by atomic mass is 32.2. The van der Waals surface area contributed by atoms with E-state index >= 15 is 0 Å². The van der Waals surface area contributed by atoms with Crippen molar-refractivity contribution in [2.45, 2.75) is 42.7 Å². The van der Waals surface area contributed by atoms with Crippen LogP contribution in [0.5, 0.6) is 5.75 Å². The van der Waals surface area contributed by atoms with Crippen molar-refractivity contribution >= 4 is 10.0 Å². The van der Waals surface area contributed by atoms with Crippen LogP contribution >= 0.6 is 0 Å². The fraction of sp³-hybridized carbons (Fsp3) is 0.333. The van der Waals surface area contributed by atoms with Gasteiger partial charge in [0, 0.05) is 43.9 Å². The maximum Gasteiger partial charge on any atom is 0.243 e. The zero-order valence-corrected chi connectivity index (χ0v) is 19.0. The van der Waals surface area contributed by atoms with Gasteiger partial charge in [-0.25, -0.2) is 8.42 Å². The van der Waals surface area contributed by atoms with Gasteiger partial charge in [-0.1, -0.05) is 6.07 Å². The van der Waals surface area contributed by atoms with Crippen molar-refractivity contribution in [1.29, 1.82) is 0 Å². The number of sulfonamides is 1. The van der Waals surface area contributed by atoms with E-state index in [9.17, 15) is 8.42 Å². The van der Waals surface area contributed by atoms with Crippen LogP contribution in [0.2, 0.25) is 0 Å². The summed E-state index contributed by atoms with van der Waals surface area (Å²) in [5.74, 6) is 0.677. The summed E-state index contributed by atoms with van der Waals surface area (Å²) in [6.45, 7) is 0.871. The largest absolute Gasteiger partial charge is 0.494 e. The second kappa shape index (κ2) is 9.36. The predicted octanol–water partition coefficient (Wildman–Crippen LogP) is 3.26. The molecule has 0 spiro atoms. The summed E-state index contributed by atoms with van der Waals surface area (Å²) in [4.78, 5) is 8.68. The van der Waals surface area contributed by atoms with Crippen LogP contribution in [0.1, 0.15) is 36.0 Å². The first kappa shape index (κ1) is 22.4. The molecule has 1 unspecified atom stereocenters. The lowest BCUT2D eigenvalue weighted by atomic mass is 9.82. The number of aryl methyl sites for hydroxylation is 1. The molecule has 168 valence electrons. The molecule has 0 saturated carbocycles. The Morgan fingerprint density at radius 1 is 1.09 bits per heavy atom. The second-order valence-corrected chi connectivity index (χ2v) is 10.2. The average Bonchev–Trinajstić information content (AvgIpc) is 3.04. The van der Waals surface area contributed by atoms with Gasteiger partial charge in [0.25, 0.3) is 0 Å². The van der Waals surface area contributed by atoms with Gasteiger partial charge in [-0.3, -0.25) is 9.97 Å². The molecule has 1 aliphatic rings. The Morgan fingerprint density at radius 3 is 2.66 bits per heavy atom. The van der Waals surface area contributed by atoms with Crippen LogP contribution < -0.4 is 10.5 Å². The summed E-state index contributed by atoms with van der Waals surface area (Å²) < 4.78 is 31.7. The van der Waals surface area contributed by atoms with E-state index in [-0.39, 0.29) is 0 Å². The highest BCUT2D eigenvalue weighted by Gasteiger charge is 2.32. The van der Waals surface area contributed by atoms with Gasteiger partial charge in [0.15, 0.2) is 0 Å². The molecule has 0 saturated heterocycles. The molecule has 0 amide bonds.